The van der Waals surface area contributed by atoms with E-state index in [0.29, 0.717) is 35.2 Å². The lowest BCUT2D eigenvalue weighted by Crippen LogP contribution is -2.04. The van der Waals surface area contributed by atoms with Gasteiger partial charge in [-0.1, -0.05) is 33.6 Å². The average molecular weight is 521 g/mol. The first kappa shape index (κ1) is 22.2. The summed E-state index contributed by atoms with van der Waals surface area (Å²) in [5.74, 6) is 0.751. The van der Waals surface area contributed by atoms with Crippen LogP contribution in [0.3, 0.4) is 0 Å². The molecule has 32 heavy (non-hydrogen) atoms. The molecule has 0 unspecified atom stereocenters. The molecule has 0 aliphatic heterocycles. The van der Waals surface area contributed by atoms with Gasteiger partial charge in [-0.3, -0.25) is 0 Å². The molecule has 1 heterocycles. The van der Waals surface area contributed by atoms with Crippen LogP contribution < -0.4 is 20.5 Å². The Morgan fingerprint density at radius 2 is 1.78 bits per heavy atom. The fourth-order valence-electron chi connectivity index (χ4n) is 3.23. The number of benzene rings is 3. The quantitative estimate of drug-likeness (QED) is 0.266. The minimum absolute atomic E-state index is 0.179. The molecule has 0 saturated carbocycles. The van der Waals surface area contributed by atoms with Crippen LogP contribution in [0.1, 0.15) is 18.1 Å². The Kier molecular flexibility index (Phi) is 6.72. The Morgan fingerprint density at radius 1 is 1.00 bits per heavy atom. The molecule has 6 nitrogen and oxygen atoms in total. The molecule has 0 saturated heterocycles. The number of halogens is 3. The number of rotatable bonds is 8. The Bertz CT molecular complexity index is 1320. The number of aromatic amines is 2. The van der Waals surface area contributed by atoms with Crippen molar-refractivity contribution >= 4 is 44.3 Å². The second kappa shape index (κ2) is 9.67. The molecule has 0 aliphatic rings. The molecule has 0 spiro atoms. The van der Waals surface area contributed by atoms with Crippen molar-refractivity contribution in [2.24, 2.45) is 0 Å². The van der Waals surface area contributed by atoms with Gasteiger partial charge in [-0.15, -0.1) is 0 Å². The highest BCUT2D eigenvalue weighted by Gasteiger charge is 2.13. The molecular weight excluding hydrogens is 501 g/mol. The summed E-state index contributed by atoms with van der Waals surface area (Å²) in [6.07, 6.45) is 0. The number of hydrogen-bond donors (Lipinski definition) is 3. The van der Waals surface area contributed by atoms with Crippen molar-refractivity contribution < 1.29 is 13.9 Å². The first-order valence-corrected chi connectivity index (χ1v) is 11.1. The van der Waals surface area contributed by atoms with Crippen LogP contribution in [0.25, 0.3) is 11.0 Å². The highest BCUT2D eigenvalue weighted by molar-refractivity contribution is 9.10. The zero-order valence-electron chi connectivity index (χ0n) is 17.1. The third-order valence-corrected chi connectivity index (χ3v) is 5.90. The van der Waals surface area contributed by atoms with Crippen molar-refractivity contribution in [1.82, 2.24) is 9.97 Å². The van der Waals surface area contributed by atoms with E-state index in [1.807, 2.05) is 37.3 Å². The molecule has 9 heteroatoms. The second-order valence-corrected chi connectivity index (χ2v) is 8.30. The van der Waals surface area contributed by atoms with E-state index >= 15 is 0 Å². The maximum absolute atomic E-state index is 13.3. The van der Waals surface area contributed by atoms with E-state index in [4.69, 9.17) is 21.1 Å². The normalized spacial score (nSPS) is 11.0. The molecule has 3 N–H and O–H groups in total. The molecule has 3 aromatic carbocycles. The van der Waals surface area contributed by atoms with Gasteiger partial charge in [0.1, 0.15) is 12.4 Å². The predicted octanol–water partition coefficient (Wildman–Crippen LogP) is 6.00. The van der Waals surface area contributed by atoms with Crippen LogP contribution in [0.15, 0.2) is 57.8 Å². The molecule has 0 bridgehead atoms. The molecule has 4 aromatic rings. The number of aromatic nitrogens is 2. The smallest absolute Gasteiger partial charge is 0.323 e. The van der Waals surface area contributed by atoms with Gasteiger partial charge in [-0.2, -0.15) is 0 Å². The molecule has 0 atom stereocenters. The Labute approximate surface area is 196 Å². The topological polar surface area (TPSA) is 79.1 Å². The molecule has 0 radical (unpaired) electrons. The van der Waals surface area contributed by atoms with E-state index in [0.717, 1.165) is 26.8 Å². The molecule has 166 valence electrons. The summed E-state index contributed by atoms with van der Waals surface area (Å²) in [5, 5.41) is 3.66. The van der Waals surface area contributed by atoms with Gasteiger partial charge >= 0.3 is 5.69 Å². The van der Waals surface area contributed by atoms with Crippen LogP contribution in [-0.2, 0) is 13.2 Å². The molecular formula is C23H20BrClFN3O3. The monoisotopic (exact) mass is 519 g/mol. The van der Waals surface area contributed by atoms with Gasteiger partial charge in [-0.25, -0.2) is 9.18 Å². The van der Waals surface area contributed by atoms with Gasteiger partial charge in [0.15, 0.2) is 11.5 Å². The number of imidazole rings is 1. The summed E-state index contributed by atoms with van der Waals surface area (Å²) < 4.78 is 25.8. The highest BCUT2D eigenvalue weighted by Crippen LogP contribution is 2.35. The summed E-state index contributed by atoms with van der Waals surface area (Å²) in [6.45, 7) is 3.07. The number of ether oxygens (including phenoxy) is 2. The van der Waals surface area contributed by atoms with Crippen molar-refractivity contribution in [3.05, 3.63) is 85.5 Å². The van der Waals surface area contributed by atoms with E-state index in [1.54, 1.807) is 6.07 Å². The van der Waals surface area contributed by atoms with Gasteiger partial charge in [0.25, 0.3) is 0 Å². The van der Waals surface area contributed by atoms with Crippen molar-refractivity contribution in [2.45, 2.75) is 20.1 Å². The number of H-pyrrole nitrogens is 2. The Balaban J connectivity index is 1.51. The lowest BCUT2D eigenvalue weighted by atomic mass is 10.2. The predicted molar refractivity (Wildman–Crippen MR) is 127 cm³/mol. The largest absolute Gasteiger partial charge is 0.490 e. The summed E-state index contributed by atoms with van der Waals surface area (Å²) >= 11 is 9.70. The van der Waals surface area contributed by atoms with Crippen molar-refractivity contribution in [3.8, 4) is 11.5 Å². The van der Waals surface area contributed by atoms with Crippen molar-refractivity contribution in [2.75, 3.05) is 11.9 Å². The number of anilines is 1. The first-order valence-electron chi connectivity index (χ1n) is 9.91. The van der Waals surface area contributed by atoms with Crippen LogP contribution in [0.4, 0.5) is 10.1 Å². The Morgan fingerprint density at radius 3 is 2.56 bits per heavy atom. The lowest BCUT2D eigenvalue weighted by Gasteiger charge is -2.16. The maximum atomic E-state index is 13.3. The molecule has 0 fully saturated rings. The fourth-order valence-corrected chi connectivity index (χ4v) is 3.91. The van der Waals surface area contributed by atoms with E-state index in [-0.39, 0.29) is 12.3 Å². The number of nitrogens with one attached hydrogen (secondary N) is 3. The summed E-state index contributed by atoms with van der Waals surface area (Å²) in [7, 11) is 0. The van der Waals surface area contributed by atoms with Crippen LogP contribution in [0.5, 0.6) is 11.5 Å². The molecule has 0 aliphatic carbocycles. The van der Waals surface area contributed by atoms with Gasteiger partial charge in [0.05, 0.1) is 22.7 Å². The van der Waals surface area contributed by atoms with Gasteiger partial charge in [-0.05, 0) is 55.0 Å². The number of fused-ring (bicyclic) bond motifs is 1. The van der Waals surface area contributed by atoms with E-state index in [1.165, 1.54) is 12.1 Å². The average Bonchev–Trinajstić information content (AvgIpc) is 3.13. The number of hydrogen-bond acceptors (Lipinski definition) is 4. The standard InChI is InChI=1S/C23H20BrClFN3O3/c1-2-31-21-7-14(11-27-16-5-6-19-20(9-16)29-23(30)28-19)17(24)10-22(21)32-12-13-3-4-15(26)8-18(13)25/h3-10,27H,2,11-12H2,1H3,(H2,28,29,30). The van der Waals surface area contributed by atoms with Crippen LogP contribution in [0.2, 0.25) is 5.02 Å². The lowest BCUT2D eigenvalue weighted by molar-refractivity contribution is 0.269. The highest BCUT2D eigenvalue weighted by atomic mass is 79.9. The SMILES string of the molecule is CCOc1cc(CNc2ccc3[nH]c(=O)[nH]c3c2)c(Br)cc1OCc1ccc(F)cc1Cl. The van der Waals surface area contributed by atoms with Gasteiger partial charge < -0.3 is 24.8 Å². The van der Waals surface area contributed by atoms with E-state index < -0.39 is 5.82 Å². The van der Waals surface area contributed by atoms with Crippen LogP contribution in [-0.4, -0.2) is 16.6 Å². The molecule has 0 amide bonds. The summed E-state index contributed by atoms with van der Waals surface area (Å²) in [4.78, 5) is 16.9. The Hall–Kier alpha value is -2.97. The minimum Gasteiger partial charge on any atom is -0.490 e. The molecule has 4 rings (SSSR count). The maximum Gasteiger partial charge on any atom is 0.323 e. The third-order valence-electron chi connectivity index (χ3n) is 4.81. The van der Waals surface area contributed by atoms with Gasteiger partial charge in [0, 0.05) is 22.3 Å². The van der Waals surface area contributed by atoms with Gasteiger partial charge in [0.2, 0.25) is 0 Å². The zero-order chi connectivity index (χ0) is 22.7. The molecule has 1 aromatic heterocycles. The van der Waals surface area contributed by atoms with Crippen molar-refractivity contribution in [1.29, 1.82) is 0 Å². The first-order chi connectivity index (χ1) is 15.4. The van der Waals surface area contributed by atoms with Crippen molar-refractivity contribution in [3.63, 3.8) is 0 Å². The van der Waals surface area contributed by atoms with Crippen LogP contribution in [0, 0.1) is 5.82 Å². The van der Waals surface area contributed by atoms with E-state index in [9.17, 15) is 9.18 Å². The summed E-state index contributed by atoms with van der Waals surface area (Å²) in [6, 6.07) is 13.6. The fraction of sp³-hybridized carbons (Fsp3) is 0.174. The third kappa shape index (κ3) is 5.08. The van der Waals surface area contributed by atoms with E-state index in [2.05, 4.69) is 31.2 Å². The minimum atomic E-state index is -0.393. The summed E-state index contributed by atoms with van der Waals surface area (Å²) in [5.41, 5.74) is 3.75. The zero-order valence-corrected chi connectivity index (χ0v) is 19.4. The second-order valence-electron chi connectivity index (χ2n) is 7.04. The van der Waals surface area contributed by atoms with Crippen LogP contribution >= 0.6 is 27.5 Å².